The van der Waals surface area contributed by atoms with Gasteiger partial charge in [0.15, 0.2) is 6.29 Å². The third kappa shape index (κ3) is 11.3. The van der Waals surface area contributed by atoms with Crippen LogP contribution in [0.4, 0.5) is 0 Å². The Labute approximate surface area is 130 Å². The molecule has 1 saturated heterocycles. The Bertz CT molecular complexity index is 329. The lowest BCUT2D eigenvalue weighted by molar-refractivity contribution is -0.162. The fourth-order valence-electron chi connectivity index (χ4n) is 2.38. The predicted molar refractivity (Wildman–Crippen MR) is 89.0 cm³/mol. The standard InChI is InChI=1S/C19H30O2/c1-2-3-4-5-6-7-8-9-10-11-12-14-17-20-19-16-13-15-18-21-19/h2,5-6,19H,1,7-18H2/b6-5-. The van der Waals surface area contributed by atoms with E-state index < -0.39 is 0 Å². The van der Waals surface area contributed by atoms with Crippen molar-refractivity contribution in [2.24, 2.45) is 0 Å². The van der Waals surface area contributed by atoms with E-state index in [1.54, 1.807) is 6.08 Å². The Balaban J connectivity index is 1.78. The van der Waals surface area contributed by atoms with Crippen LogP contribution in [0.2, 0.25) is 0 Å². The van der Waals surface area contributed by atoms with Crippen LogP contribution in [-0.4, -0.2) is 19.5 Å². The Morgan fingerprint density at radius 2 is 1.86 bits per heavy atom. The molecule has 0 amide bonds. The Morgan fingerprint density at radius 1 is 1.05 bits per heavy atom. The van der Waals surface area contributed by atoms with Gasteiger partial charge in [-0.1, -0.05) is 50.2 Å². The van der Waals surface area contributed by atoms with E-state index >= 15 is 0 Å². The fraction of sp³-hybridized carbons (Fsp3) is 0.684. The first-order valence-corrected chi connectivity index (χ1v) is 8.43. The maximum Gasteiger partial charge on any atom is 0.157 e. The highest BCUT2D eigenvalue weighted by molar-refractivity contribution is 5.21. The van der Waals surface area contributed by atoms with Gasteiger partial charge in [-0.25, -0.2) is 0 Å². The quantitative estimate of drug-likeness (QED) is 0.416. The van der Waals surface area contributed by atoms with Crippen LogP contribution >= 0.6 is 0 Å². The van der Waals surface area contributed by atoms with Gasteiger partial charge in [0, 0.05) is 13.2 Å². The summed E-state index contributed by atoms with van der Waals surface area (Å²) in [6.45, 7) is 5.28. The number of ether oxygens (including phenoxy) is 2. The third-order valence-electron chi connectivity index (χ3n) is 3.59. The van der Waals surface area contributed by atoms with Crippen LogP contribution in [0.5, 0.6) is 0 Å². The molecule has 0 aliphatic carbocycles. The lowest BCUT2D eigenvalue weighted by Gasteiger charge is -2.22. The summed E-state index contributed by atoms with van der Waals surface area (Å²) in [5.41, 5.74) is 0. The second-order valence-electron chi connectivity index (χ2n) is 5.47. The van der Waals surface area contributed by atoms with Gasteiger partial charge in [0.05, 0.1) is 0 Å². The molecule has 0 bridgehead atoms. The summed E-state index contributed by atoms with van der Waals surface area (Å²) >= 11 is 0. The molecule has 0 aromatic heterocycles. The summed E-state index contributed by atoms with van der Waals surface area (Å²) < 4.78 is 11.3. The zero-order valence-electron chi connectivity index (χ0n) is 13.3. The first-order chi connectivity index (χ1) is 10.4. The molecule has 1 heterocycles. The molecule has 118 valence electrons. The highest BCUT2D eigenvalue weighted by Crippen LogP contribution is 2.14. The van der Waals surface area contributed by atoms with E-state index in [1.165, 1.54) is 44.9 Å². The molecule has 0 aromatic rings. The van der Waals surface area contributed by atoms with Crippen LogP contribution in [-0.2, 0) is 9.47 Å². The molecule has 2 nitrogen and oxygen atoms in total. The zero-order valence-corrected chi connectivity index (χ0v) is 13.3. The molecule has 0 saturated carbocycles. The van der Waals surface area contributed by atoms with E-state index in [0.29, 0.717) is 0 Å². The smallest absolute Gasteiger partial charge is 0.157 e. The zero-order chi connectivity index (χ0) is 15.0. The Hall–Kier alpha value is -1.04. The summed E-state index contributed by atoms with van der Waals surface area (Å²) in [6.07, 6.45) is 18.1. The van der Waals surface area contributed by atoms with Crippen LogP contribution in [0.25, 0.3) is 0 Å². The number of unbranched alkanes of at least 4 members (excludes halogenated alkanes) is 6. The topological polar surface area (TPSA) is 18.5 Å². The van der Waals surface area contributed by atoms with E-state index in [4.69, 9.17) is 9.47 Å². The Morgan fingerprint density at radius 3 is 2.62 bits per heavy atom. The minimum Gasteiger partial charge on any atom is -0.353 e. The average molecular weight is 290 g/mol. The molecule has 0 spiro atoms. The summed E-state index contributed by atoms with van der Waals surface area (Å²) in [4.78, 5) is 0. The van der Waals surface area contributed by atoms with Gasteiger partial charge < -0.3 is 9.47 Å². The second-order valence-corrected chi connectivity index (χ2v) is 5.47. The van der Waals surface area contributed by atoms with Crippen LogP contribution in [0, 0.1) is 11.8 Å². The molecule has 21 heavy (non-hydrogen) atoms. The van der Waals surface area contributed by atoms with Gasteiger partial charge in [-0.05, 0) is 50.7 Å². The normalized spacial score (nSPS) is 18.4. The van der Waals surface area contributed by atoms with Crippen molar-refractivity contribution in [1.82, 2.24) is 0 Å². The summed E-state index contributed by atoms with van der Waals surface area (Å²) in [5.74, 6) is 5.72. The molecule has 1 rings (SSSR count). The SMILES string of the molecule is C=CC#C/C=C\CCCCCCCCOC1CCCCO1. The molecule has 0 radical (unpaired) electrons. The molecule has 1 aliphatic heterocycles. The van der Waals surface area contributed by atoms with Crippen LogP contribution < -0.4 is 0 Å². The molecule has 1 atom stereocenters. The lowest BCUT2D eigenvalue weighted by atomic mass is 10.1. The first kappa shape index (κ1) is 18.0. The second kappa shape index (κ2) is 13.9. The van der Waals surface area contributed by atoms with Gasteiger partial charge in [0.25, 0.3) is 0 Å². The molecular weight excluding hydrogens is 260 g/mol. The molecule has 0 aromatic carbocycles. The van der Waals surface area contributed by atoms with Crippen molar-refractivity contribution < 1.29 is 9.47 Å². The minimum absolute atomic E-state index is 0.0784. The fourth-order valence-corrected chi connectivity index (χ4v) is 2.38. The van der Waals surface area contributed by atoms with Gasteiger partial charge in [-0.2, -0.15) is 0 Å². The Kier molecular flexibility index (Phi) is 11.9. The van der Waals surface area contributed by atoms with Crippen molar-refractivity contribution in [1.29, 1.82) is 0 Å². The molecule has 1 aliphatic rings. The molecule has 1 unspecified atom stereocenters. The summed E-state index contributed by atoms with van der Waals surface area (Å²) in [7, 11) is 0. The highest BCUT2D eigenvalue weighted by Gasteiger charge is 2.13. The van der Waals surface area contributed by atoms with E-state index in [1.807, 2.05) is 6.08 Å². The molecular formula is C19H30O2. The van der Waals surface area contributed by atoms with Gasteiger partial charge in [-0.15, -0.1) is 0 Å². The number of allylic oxidation sites excluding steroid dienone is 3. The minimum atomic E-state index is 0.0784. The largest absolute Gasteiger partial charge is 0.353 e. The highest BCUT2D eigenvalue weighted by atomic mass is 16.7. The van der Waals surface area contributed by atoms with Crippen molar-refractivity contribution in [3.63, 3.8) is 0 Å². The number of rotatable bonds is 10. The van der Waals surface area contributed by atoms with Gasteiger partial charge >= 0.3 is 0 Å². The van der Waals surface area contributed by atoms with Crippen LogP contribution in [0.3, 0.4) is 0 Å². The van der Waals surface area contributed by atoms with Gasteiger partial charge in [0.1, 0.15) is 0 Å². The van der Waals surface area contributed by atoms with Gasteiger partial charge in [0.2, 0.25) is 0 Å². The maximum absolute atomic E-state index is 5.72. The van der Waals surface area contributed by atoms with Crippen LogP contribution in [0.15, 0.2) is 24.8 Å². The van der Waals surface area contributed by atoms with Crippen molar-refractivity contribution in [2.45, 2.75) is 70.5 Å². The van der Waals surface area contributed by atoms with Gasteiger partial charge in [-0.3, -0.25) is 0 Å². The first-order valence-electron chi connectivity index (χ1n) is 8.43. The average Bonchev–Trinajstić information content (AvgIpc) is 2.53. The van der Waals surface area contributed by atoms with E-state index in [2.05, 4.69) is 24.5 Å². The maximum atomic E-state index is 5.72. The van der Waals surface area contributed by atoms with E-state index in [0.717, 1.165) is 32.5 Å². The van der Waals surface area contributed by atoms with E-state index in [9.17, 15) is 0 Å². The van der Waals surface area contributed by atoms with Crippen molar-refractivity contribution in [3.05, 3.63) is 24.8 Å². The van der Waals surface area contributed by atoms with Crippen LogP contribution in [0.1, 0.15) is 64.2 Å². The summed E-state index contributed by atoms with van der Waals surface area (Å²) in [6, 6.07) is 0. The summed E-state index contributed by atoms with van der Waals surface area (Å²) in [5, 5.41) is 0. The number of hydrogen-bond donors (Lipinski definition) is 0. The monoisotopic (exact) mass is 290 g/mol. The number of hydrogen-bond acceptors (Lipinski definition) is 2. The molecule has 1 fully saturated rings. The van der Waals surface area contributed by atoms with Crippen molar-refractivity contribution >= 4 is 0 Å². The third-order valence-corrected chi connectivity index (χ3v) is 3.59. The van der Waals surface area contributed by atoms with Crippen molar-refractivity contribution in [2.75, 3.05) is 13.2 Å². The molecule has 0 N–H and O–H groups in total. The lowest BCUT2D eigenvalue weighted by Crippen LogP contribution is -2.22. The van der Waals surface area contributed by atoms with Crippen molar-refractivity contribution in [3.8, 4) is 11.8 Å². The predicted octanol–water partition coefficient (Wildman–Crippen LogP) is 5.01. The molecule has 2 heteroatoms. The van der Waals surface area contributed by atoms with E-state index in [-0.39, 0.29) is 6.29 Å².